The summed E-state index contributed by atoms with van der Waals surface area (Å²) in [5.74, 6) is 0. The molecule has 1 aliphatic heterocycles. The second-order valence-electron chi connectivity index (χ2n) is 5.20. The van der Waals surface area contributed by atoms with Gasteiger partial charge in [0.1, 0.15) is 0 Å². The molecular weight excluding hydrogens is 174 g/mol. The first-order valence-electron chi connectivity index (χ1n) is 6.31. The van der Waals surface area contributed by atoms with Gasteiger partial charge in [0.2, 0.25) is 0 Å². The van der Waals surface area contributed by atoms with Crippen LogP contribution in [-0.2, 0) is 4.74 Å². The third kappa shape index (κ3) is 1.96. The van der Waals surface area contributed by atoms with E-state index in [2.05, 4.69) is 4.90 Å². The number of hydrogen-bond acceptors (Lipinski definition) is 2. The molecule has 0 unspecified atom stereocenters. The Morgan fingerprint density at radius 3 is 2.14 bits per heavy atom. The second-order valence-corrected chi connectivity index (χ2v) is 5.20. The van der Waals surface area contributed by atoms with E-state index in [1.807, 2.05) is 0 Å². The van der Waals surface area contributed by atoms with Crippen molar-refractivity contribution in [2.45, 2.75) is 63.2 Å². The van der Waals surface area contributed by atoms with E-state index in [4.69, 9.17) is 4.74 Å². The van der Waals surface area contributed by atoms with E-state index in [1.54, 1.807) is 0 Å². The molecule has 2 saturated carbocycles. The second kappa shape index (κ2) is 3.82. The zero-order valence-electron chi connectivity index (χ0n) is 8.95. The highest BCUT2D eigenvalue weighted by atomic mass is 16.5. The Bertz CT molecular complexity index is 190. The fourth-order valence-electron chi connectivity index (χ4n) is 2.78. The Balaban J connectivity index is 1.39. The topological polar surface area (TPSA) is 12.5 Å². The lowest BCUT2D eigenvalue weighted by Gasteiger charge is -2.45. The lowest BCUT2D eigenvalue weighted by molar-refractivity contribution is -0.0839. The average molecular weight is 195 g/mol. The molecule has 1 heterocycles. The van der Waals surface area contributed by atoms with E-state index in [9.17, 15) is 0 Å². The molecule has 2 heteroatoms. The Kier molecular flexibility index (Phi) is 2.50. The smallest absolute Gasteiger partial charge is 0.0832 e. The fourth-order valence-corrected chi connectivity index (χ4v) is 2.78. The molecule has 0 spiro atoms. The Hall–Kier alpha value is -0.0800. The molecule has 0 radical (unpaired) electrons. The van der Waals surface area contributed by atoms with Gasteiger partial charge in [-0.15, -0.1) is 0 Å². The molecule has 2 aliphatic carbocycles. The highest BCUT2D eigenvalue weighted by Gasteiger charge is 2.36. The molecular formula is C12H21NO. The minimum atomic E-state index is 0.587. The van der Waals surface area contributed by atoms with Crippen LogP contribution in [0.3, 0.4) is 0 Å². The van der Waals surface area contributed by atoms with Gasteiger partial charge in [-0.2, -0.15) is 0 Å². The van der Waals surface area contributed by atoms with E-state index in [0.29, 0.717) is 12.2 Å². The predicted octanol–water partition coefficient (Wildman–Crippen LogP) is 2.18. The molecule has 2 nitrogen and oxygen atoms in total. The number of nitrogens with zero attached hydrogens (tertiary/aromatic N) is 1. The summed E-state index contributed by atoms with van der Waals surface area (Å²) in [7, 11) is 0. The summed E-state index contributed by atoms with van der Waals surface area (Å²) in [5.41, 5.74) is 0. The maximum Gasteiger partial charge on any atom is 0.0832 e. The molecule has 3 rings (SSSR count). The van der Waals surface area contributed by atoms with E-state index in [1.165, 1.54) is 58.0 Å². The summed E-state index contributed by atoms with van der Waals surface area (Å²) in [6, 6.07) is 0.905. The van der Waals surface area contributed by atoms with Crippen LogP contribution in [0.1, 0.15) is 44.9 Å². The summed E-state index contributed by atoms with van der Waals surface area (Å²) in [5, 5.41) is 0. The maximum absolute atomic E-state index is 5.88. The Morgan fingerprint density at radius 1 is 0.786 bits per heavy atom. The van der Waals surface area contributed by atoms with Gasteiger partial charge in [0.15, 0.2) is 0 Å². The number of likely N-dealkylation sites (tertiary alicyclic amines) is 1. The van der Waals surface area contributed by atoms with Crippen molar-refractivity contribution in [3.63, 3.8) is 0 Å². The molecule has 0 aromatic carbocycles. The summed E-state index contributed by atoms with van der Waals surface area (Å²) in [4.78, 5) is 2.65. The van der Waals surface area contributed by atoms with Crippen molar-refractivity contribution >= 4 is 0 Å². The SMILES string of the molecule is C1CCC(N2CC(OC3CC3)C2)CC1. The fraction of sp³-hybridized carbons (Fsp3) is 1.00. The van der Waals surface area contributed by atoms with E-state index < -0.39 is 0 Å². The van der Waals surface area contributed by atoms with Crippen LogP contribution in [0.25, 0.3) is 0 Å². The minimum absolute atomic E-state index is 0.587. The predicted molar refractivity (Wildman–Crippen MR) is 56.3 cm³/mol. The van der Waals surface area contributed by atoms with Crippen LogP contribution in [0.2, 0.25) is 0 Å². The summed E-state index contributed by atoms with van der Waals surface area (Å²) in [6.07, 6.45) is 11.1. The zero-order valence-corrected chi connectivity index (χ0v) is 8.95. The summed E-state index contributed by atoms with van der Waals surface area (Å²) in [6.45, 7) is 2.45. The van der Waals surface area contributed by atoms with Crippen LogP contribution in [0, 0.1) is 0 Å². The first-order valence-corrected chi connectivity index (χ1v) is 6.31. The molecule has 0 bridgehead atoms. The quantitative estimate of drug-likeness (QED) is 0.684. The van der Waals surface area contributed by atoms with Crippen molar-refractivity contribution in [1.82, 2.24) is 4.90 Å². The summed E-state index contributed by atoms with van der Waals surface area (Å²) >= 11 is 0. The van der Waals surface area contributed by atoms with E-state index in [-0.39, 0.29) is 0 Å². The zero-order chi connectivity index (χ0) is 9.38. The molecule has 0 atom stereocenters. The molecule has 0 amide bonds. The van der Waals surface area contributed by atoms with Crippen LogP contribution in [0.15, 0.2) is 0 Å². The monoisotopic (exact) mass is 195 g/mol. The first-order chi connectivity index (χ1) is 6.92. The van der Waals surface area contributed by atoms with Gasteiger partial charge in [0.05, 0.1) is 12.2 Å². The third-order valence-electron chi connectivity index (χ3n) is 3.88. The highest BCUT2D eigenvalue weighted by molar-refractivity contribution is 4.89. The third-order valence-corrected chi connectivity index (χ3v) is 3.88. The molecule has 3 fully saturated rings. The van der Waals surface area contributed by atoms with Crippen molar-refractivity contribution in [1.29, 1.82) is 0 Å². The first kappa shape index (κ1) is 9.17. The van der Waals surface area contributed by atoms with Gasteiger partial charge in [0.25, 0.3) is 0 Å². The van der Waals surface area contributed by atoms with Crippen molar-refractivity contribution in [3.05, 3.63) is 0 Å². The normalized spacial score (nSPS) is 31.7. The van der Waals surface area contributed by atoms with Gasteiger partial charge >= 0.3 is 0 Å². The summed E-state index contributed by atoms with van der Waals surface area (Å²) < 4.78 is 5.88. The molecule has 0 N–H and O–H groups in total. The van der Waals surface area contributed by atoms with Gasteiger partial charge in [-0.25, -0.2) is 0 Å². The number of rotatable bonds is 3. The van der Waals surface area contributed by atoms with Crippen LogP contribution >= 0.6 is 0 Å². The van der Waals surface area contributed by atoms with Crippen molar-refractivity contribution in [2.24, 2.45) is 0 Å². The molecule has 3 aliphatic rings. The maximum atomic E-state index is 5.88. The lowest BCUT2D eigenvalue weighted by Crippen LogP contribution is -2.57. The highest BCUT2D eigenvalue weighted by Crippen LogP contribution is 2.31. The van der Waals surface area contributed by atoms with Crippen molar-refractivity contribution in [2.75, 3.05) is 13.1 Å². The van der Waals surface area contributed by atoms with Gasteiger partial charge in [-0.1, -0.05) is 19.3 Å². The van der Waals surface area contributed by atoms with E-state index >= 15 is 0 Å². The van der Waals surface area contributed by atoms with Gasteiger partial charge in [-0.3, -0.25) is 4.90 Å². The largest absolute Gasteiger partial charge is 0.372 e. The van der Waals surface area contributed by atoms with Crippen molar-refractivity contribution < 1.29 is 4.74 Å². The molecule has 1 saturated heterocycles. The lowest BCUT2D eigenvalue weighted by atomic mass is 9.92. The van der Waals surface area contributed by atoms with Crippen LogP contribution in [0.5, 0.6) is 0 Å². The van der Waals surface area contributed by atoms with E-state index in [0.717, 1.165) is 6.04 Å². The van der Waals surface area contributed by atoms with Gasteiger partial charge in [-0.05, 0) is 25.7 Å². The standard InChI is InChI=1S/C12H21NO/c1-2-4-10(5-3-1)13-8-12(9-13)14-11-6-7-11/h10-12H,1-9H2. The molecule has 0 aromatic heterocycles. The van der Waals surface area contributed by atoms with Crippen LogP contribution < -0.4 is 0 Å². The van der Waals surface area contributed by atoms with Crippen molar-refractivity contribution in [3.8, 4) is 0 Å². The van der Waals surface area contributed by atoms with Gasteiger partial charge in [0, 0.05) is 19.1 Å². The Morgan fingerprint density at radius 2 is 1.50 bits per heavy atom. The minimum Gasteiger partial charge on any atom is -0.372 e. The molecule has 14 heavy (non-hydrogen) atoms. The molecule has 0 aromatic rings. The number of ether oxygens (including phenoxy) is 1. The number of hydrogen-bond donors (Lipinski definition) is 0. The van der Waals surface area contributed by atoms with Gasteiger partial charge < -0.3 is 4.74 Å². The Labute approximate surface area is 86.6 Å². The van der Waals surface area contributed by atoms with Crippen LogP contribution in [0.4, 0.5) is 0 Å². The van der Waals surface area contributed by atoms with Crippen LogP contribution in [-0.4, -0.2) is 36.2 Å². The average Bonchev–Trinajstić information content (AvgIpc) is 2.96. The molecule has 80 valence electrons.